The highest BCUT2D eigenvalue weighted by Crippen LogP contribution is 2.42. The maximum Gasteiger partial charge on any atom is 0.161 e. The third-order valence-corrected chi connectivity index (χ3v) is 6.69. The lowest BCUT2D eigenvalue weighted by atomic mass is 9.90. The fourth-order valence-corrected chi connectivity index (χ4v) is 5.20. The molecule has 1 saturated heterocycles. The number of pyridine rings is 2. The first-order valence-electron chi connectivity index (χ1n) is 11.0. The topological polar surface area (TPSA) is 80.1 Å². The van der Waals surface area contributed by atoms with Gasteiger partial charge in [-0.15, -0.1) is 0 Å². The fraction of sp³-hybridized carbons (Fsp3) is 0.435. The Hall–Kier alpha value is -2.84. The van der Waals surface area contributed by atoms with Crippen molar-refractivity contribution in [3.05, 3.63) is 46.9 Å². The molecule has 31 heavy (non-hydrogen) atoms. The molecule has 0 aromatic carbocycles. The van der Waals surface area contributed by atoms with E-state index in [-0.39, 0.29) is 17.7 Å². The van der Waals surface area contributed by atoms with Gasteiger partial charge in [0.2, 0.25) is 0 Å². The molecule has 0 aliphatic carbocycles. The maximum absolute atomic E-state index is 15.9. The fourth-order valence-electron chi connectivity index (χ4n) is 5.20. The van der Waals surface area contributed by atoms with Gasteiger partial charge >= 0.3 is 0 Å². The molecule has 4 aromatic heterocycles. The standard InChI is InChI=1S/C23H25FN6O/c1-12(2)18-19-17(7-26-21(20(19)24)13-3-5-25-6-4-13)29-22(18)14-8-30-23(27-11-28-30)16-10-31-9-15(14)16/h7-8,11-13,25,29H,3-6,9-10H2,1-2H3. The number of nitrogens with zero attached hydrogens (tertiary/aromatic N) is 4. The summed E-state index contributed by atoms with van der Waals surface area (Å²) in [5.41, 5.74) is 7.21. The van der Waals surface area contributed by atoms with Crippen LogP contribution in [-0.4, -0.2) is 37.7 Å². The Labute approximate surface area is 179 Å². The number of halogens is 1. The minimum atomic E-state index is -0.176. The minimum Gasteiger partial charge on any atom is -0.372 e. The number of H-pyrrole nitrogens is 1. The molecule has 6 rings (SSSR count). The van der Waals surface area contributed by atoms with Crippen LogP contribution in [0.1, 0.15) is 60.9 Å². The number of hydrogen-bond donors (Lipinski definition) is 2. The van der Waals surface area contributed by atoms with Crippen LogP contribution in [0.15, 0.2) is 18.7 Å². The number of aromatic nitrogens is 5. The van der Waals surface area contributed by atoms with E-state index in [1.54, 1.807) is 17.0 Å². The van der Waals surface area contributed by atoms with Crippen LogP contribution in [0.2, 0.25) is 0 Å². The van der Waals surface area contributed by atoms with E-state index in [9.17, 15) is 0 Å². The summed E-state index contributed by atoms with van der Waals surface area (Å²) in [6.45, 7) is 7.06. The quantitative estimate of drug-likeness (QED) is 0.523. The molecule has 2 N–H and O–H groups in total. The van der Waals surface area contributed by atoms with E-state index in [0.717, 1.165) is 65.0 Å². The SMILES string of the molecule is CC(C)c1c(-c2cn3ncnc3c3c2COC3)[nH]c2cnc(C3CCNCC3)c(F)c12. The zero-order valence-corrected chi connectivity index (χ0v) is 17.7. The van der Waals surface area contributed by atoms with E-state index >= 15 is 4.39 Å². The third-order valence-electron chi connectivity index (χ3n) is 6.69. The number of nitrogens with one attached hydrogen (secondary N) is 2. The van der Waals surface area contributed by atoms with Crippen LogP contribution in [0.4, 0.5) is 4.39 Å². The van der Waals surface area contributed by atoms with E-state index < -0.39 is 0 Å². The molecule has 0 saturated carbocycles. The molecule has 0 radical (unpaired) electrons. The van der Waals surface area contributed by atoms with Crippen molar-refractivity contribution < 1.29 is 9.13 Å². The lowest BCUT2D eigenvalue weighted by molar-refractivity contribution is 0.135. The number of fused-ring (bicyclic) bond motifs is 4. The van der Waals surface area contributed by atoms with Crippen LogP contribution < -0.4 is 5.32 Å². The molecule has 2 aliphatic heterocycles. The summed E-state index contributed by atoms with van der Waals surface area (Å²) in [6, 6.07) is 0. The van der Waals surface area contributed by atoms with Crippen molar-refractivity contribution >= 4 is 16.6 Å². The van der Waals surface area contributed by atoms with E-state index in [1.807, 2.05) is 6.20 Å². The summed E-state index contributed by atoms with van der Waals surface area (Å²) in [4.78, 5) is 12.4. The first kappa shape index (κ1) is 18.9. The van der Waals surface area contributed by atoms with E-state index in [2.05, 4.69) is 39.2 Å². The van der Waals surface area contributed by atoms with Gasteiger partial charge in [0.25, 0.3) is 0 Å². The molecule has 0 amide bonds. The molecule has 7 nitrogen and oxygen atoms in total. The van der Waals surface area contributed by atoms with Gasteiger partial charge in [0.15, 0.2) is 11.5 Å². The maximum atomic E-state index is 15.9. The highest BCUT2D eigenvalue weighted by Gasteiger charge is 2.29. The monoisotopic (exact) mass is 420 g/mol. The lowest BCUT2D eigenvalue weighted by Gasteiger charge is -2.22. The Balaban J connectivity index is 1.61. The predicted octanol–water partition coefficient (Wildman–Crippen LogP) is 4.03. The van der Waals surface area contributed by atoms with Gasteiger partial charge < -0.3 is 15.0 Å². The molecule has 6 heterocycles. The molecule has 8 heteroatoms. The van der Waals surface area contributed by atoms with Gasteiger partial charge in [-0.2, -0.15) is 5.10 Å². The van der Waals surface area contributed by atoms with E-state index in [1.165, 1.54) is 0 Å². The largest absolute Gasteiger partial charge is 0.372 e. The first-order valence-corrected chi connectivity index (χ1v) is 11.0. The zero-order chi connectivity index (χ0) is 21.1. The van der Waals surface area contributed by atoms with Crippen molar-refractivity contribution in [2.75, 3.05) is 13.1 Å². The molecule has 4 aromatic rings. The Bertz CT molecular complexity index is 1300. The average Bonchev–Trinajstić information content (AvgIpc) is 3.50. The summed E-state index contributed by atoms with van der Waals surface area (Å²) in [7, 11) is 0. The molecule has 0 unspecified atom stereocenters. The molecular weight excluding hydrogens is 395 g/mol. The summed E-state index contributed by atoms with van der Waals surface area (Å²) in [5.74, 6) is 0.115. The Morgan fingerprint density at radius 3 is 2.77 bits per heavy atom. The van der Waals surface area contributed by atoms with E-state index in [0.29, 0.717) is 24.3 Å². The van der Waals surface area contributed by atoms with Gasteiger partial charge in [-0.3, -0.25) is 4.98 Å². The number of rotatable bonds is 3. The lowest BCUT2D eigenvalue weighted by Crippen LogP contribution is -2.27. The van der Waals surface area contributed by atoms with Crippen molar-refractivity contribution in [2.45, 2.75) is 51.7 Å². The molecule has 2 aliphatic rings. The number of ether oxygens (including phenoxy) is 1. The van der Waals surface area contributed by atoms with Crippen molar-refractivity contribution in [3.63, 3.8) is 0 Å². The van der Waals surface area contributed by atoms with Gasteiger partial charge in [0.05, 0.1) is 36.3 Å². The number of piperidine rings is 1. The van der Waals surface area contributed by atoms with Gasteiger partial charge in [-0.1, -0.05) is 13.8 Å². The number of hydrogen-bond acceptors (Lipinski definition) is 5. The Morgan fingerprint density at radius 2 is 1.97 bits per heavy atom. The van der Waals surface area contributed by atoms with Crippen LogP contribution in [0.3, 0.4) is 0 Å². The Kier molecular flexibility index (Phi) is 4.33. The predicted molar refractivity (Wildman–Crippen MR) is 115 cm³/mol. The van der Waals surface area contributed by atoms with Gasteiger partial charge in [-0.05, 0) is 43.0 Å². The first-order chi connectivity index (χ1) is 15.1. The second-order valence-corrected chi connectivity index (χ2v) is 8.86. The van der Waals surface area contributed by atoms with Crippen molar-refractivity contribution in [3.8, 4) is 11.3 Å². The van der Waals surface area contributed by atoms with Crippen molar-refractivity contribution in [1.29, 1.82) is 0 Å². The summed E-state index contributed by atoms with van der Waals surface area (Å²) >= 11 is 0. The summed E-state index contributed by atoms with van der Waals surface area (Å²) in [6.07, 6.45) is 7.16. The van der Waals surface area contributed by atoms with Gasteiger partial charge in [-0.25, -0.2) is 13.9 Å². The van der Waals surface area contributed by atoms with Crippen LogP contribution >= 0.6 is 0 Å². The molecule has 0 atom stereocenters. The second kappa shape index (κ2) is 7.10. The normalized spacial score (nSPS) is 17.3. The van der Waals surface area contributed by atoms with Crippen molar-refractivity contribution in [1.82, 2.24) is 29.9 Å². The highest BCUT2D eigenvalue weighted by molar-refractivity contribution is 5.92. The molecule has 0 bridgehead atoms. The second-order valence-electron chi connectivity index (χ2n) is 8.86. The Morgan fingerprint density at radius 1 is 1.16 bits per heavy atom. The third kappa shape index (κ3) is 2.81. The number of aromatic amines is 1. The summed E-state index contributed by atoms with van der Waals surface area (Å²) in [5, 5.41) is 8.36. The van der Waals surface area contributed by atoms with Crippen LogP contribution in [0, 0.1) is 5.82 Å². The van der Waals surface area contributed by atoms with Crippen LogP contribution in [0.5, 0.6) is 0 Å². The molecule has 1 fully saturated rings. The zero-order valence-electron chi connectivity index (χ0n) is 17.7. The molecular formula is C23H25FN6O. The van der Waals surface area contributed by atoms with Crippen molar-refractivity contribution in [2.24, 2.45) is 0 Å². The highest BCUT2D eigenvalue weighted by atomic mass is 19.1. The molecule has 0 spiro atoms. The van der Waals surface area contributed by atoms with Crippen LogP contribution in [0.25, 0.3) is 27.8 Å². The minimum absolute atomic E-state index is 0.130. The van der Waals surface area contributed by atoms with Gasteiger partial charge in [0.1, 0.15) is 6.33 Å². The summed E-state index contributed by atoms with van der Waals surface area (Å²) < 4.78 is 23.5. The van der Waals surface area contributed by atoms with E-state index in [4.69, 9.17) is 4.74 Å². The van der Waals surface area contributed by atoms with Crippen LogP contribution in [-0.2, 0) is 18.0 Å². The molecule has 160 valence electrons. The van der Waals surface area contributed by atoms with Gasteiger partial charge in [0, 0.05) is 28.6 Å². The smallest absolute Gasteiger partial charge is 0.161 e. The average molecular weight is 420 g/mol.